The molecule has 10 heteroatoms. The maximum atomic E-state index is 12.3. The fourth-order valence-corrected chi connectivity index (χ4v) is 4.51. The number of furan rings is 1. The number of aromatic nitrogens is 1. The minimum absolute atomic E-state index is 0.0374. The number of aryl methyl sites for hydroxylation is 1. The molecule has 1 aliphatic rings. The first kappa shape index (κ1) is 20.0. The number of amides is 1. The highest BCUT2D eigenvalue weighted by Crippen LogP contribution is 2.20. The van der Waals surface area contributed by atoms with Crippen LogP contribution in [0.5, 0.6) is 0 Å². The number of rotatable bonds is 6. The first-order chi connectivity index (χ1) is 12.8. The summed E-state index contributed by atoms with van der Waals surface area (Å²) in [6.07, 6.45) is 1.68. The second-order valence-electron chi connectivity index (χ2n) is 6.80. The molecule has 1 fully saturated rings. The molecule has 2 aromatic rings. The largest absolute Gasteiger partial charge is 0.447 e. The Kier molecular flexibility index (Phi) is 5.99. The zero-order valence-electron chi connectivity index (χ0n) is 15.6. The predicted molar refractivity (Wildman–Crippen MR) is 102 cm³/mol. The van der Waals surface area contributed by atoms with Gasteiger partial charge in [0.15, 0.2) is 0 Å². The van der Waals surface area contributed by atoms with Crippen molar-refractivity contribution in [2.45, 2.75) is 37.4 Å². The van der Waals surface area contributed by atoms with Crippen LogP contribution in [0.25, 0.3) is 0 Å². The van der Waals surface area contributed by atoms with E-state index in [4.69, 9.17) is 4.42 Å². The van der Waals surface area contributed by atoms with Gasteiger partial charge >= 0.3 is 0 Å². The summed E-state index contributed by atoms with van der Waals surface area (Å²) in [4.78, 5) is 19.3. The maximum Gasteiger partial charge on any atom is 0.275 e. The van der Waals surface area contributed by atoms with Crippen molar-refractivity contribution in [2.75, 3.05) is 27.2 Å². The van der Waals surface area contributed by atoms with Crippen LogP contribution in [-0.2, 0) is 16.6 Å². The zero-order valence-corrected chi connectivity index (χ0v) is 17.3. The fraction of sp³-hybridized carbons (Fsp3) is 0.529. The van der Waals surface area contributed by atoms with Crippen LogP contribution < -0.4 is 5.32 Å². The standard InChI is InChI=1S/C17H24N4O4S2/c1-12-16(26-11-18-12)17(22)19-13-6-8-21(9-7-13)10-14-4-5-15(25-14)27(23,24)20(2)3/h4-5,11,13H,6-10H2,1-3H3,(H,19,22). The molecule has 0 saturated carbocycles. The number of nitrogens with one attached hydrogen (secondary N) is 1. The summed E-state index contributed by atoms with van der Waals surface area (Å²) in [5.74, 6) is 0.566. The summed E-state index contributed by atoms with van der Waals surface area (Å²) in [5, 5.41) is 3.04. The SMILES string of the molecule is Cc1ncsc1C(=O)NC1CCN(Cc2ccc(S(=O)(=O)N(C)C)o2)CC1. The molecule has 1 saturated heterocycles. The normalized spacial score (nSPS) is 16.7. The second kappa shape index (κ2) is 8.09. The average molecular weight is 413 g/mol. The van der Waals surface area contributed by atoms with E-state index in [2.05, 4.69) is 15.2 Å². The van der Waals surface area contributed by atoms with Crippen LogP contribution in [-0.4, -0.2) is 61.7 Å². The summed E-state index contributed by atoms with van der Waals surface area (Å²) in [7, 11) is -0.595. The van der Waals surface area contributed by atoms with Crippen LogP contribution in [0.15, 0.2) is 27.2 Å². The van der Waals surface area contributed by atoms with E-state index >= 15 is 0 Å². The minimum Gasteiger partial charge on any atom is -0.447 e. The van der Waals surface area contributed by atoms with Crippen molar-refractivity contribution >= 4 is 27.3 Å². The summed E-state index contributed by atoms with van der Waals surface area (Å²) in [6.45, 7) is 4.01. The highest BCUT2D eigenvalue weighted by Gasteiger charge is 2.25. The maximum absolute atomic E-state index is 12.3. The minimum atomic E-state index is -3.55. The van der Waals surface area contributed by atoms with E-state index in [0.29, 0.717) is 17.2 Å². The van der Waals surface area contributed by atoms with E-state index in [9.17, 15) is 13.2 Å². The number of carbonyl (C=O) groups excluding carboxylic acids is 1. The van der Waals surface area contributed by atoms with E-state index in [1.165, 1.54) is 31.5 Å². The summed E-state index contributed by atoms with van der Waals surface area (Å²) >= 11 is 1.36. The molecule has 148 valence electrons. The van der Waals surface area contributed by atoms with Crippen molar-refractivity contribution in [3.63, 3.8) is 0 Å². The number of nitrogens with zero attached hydrogens (tertiary/aromatic N) is 3. The fourth-order valence-electron chi connectivity index (χ4n) is 2.99. The van der Waals surface area contributed by atoms with Crippen molar-refractivity contribution < 1.29 is 17.6 Å². The van der Waals surface area contributed by atoms with Crippen LogP contribution in [0, 0.1) is 6.92 Å². The Labute approximate surface area is 163 Å². The molecule has 0 bridgehead atoms. The van der Waals surface area contributed by atoms with Gasteiger partial charge in [0.2, 0.25) is 5.09 Å². The summed E-state index contributed by atoms with van der Waals surface area (Å²) in [5.41, 5.74) is 2.44. The van der Waals surface area contributed by atoms with Gasteiger partial charge in [-0.25, -0.2) is 17.7 Å². The third-order valence-corrected chi connectivity index (χ3v) is 7.24. The van der Waals surface area contributed by atoms with Crippen molar-refractivity contribution in [1.82, 2.24) is 19.5 Å². The number of hydrogen-bond acceptors (Lipinski definition) is 7. The molecule has 0 aliphatic carbocycles. The molecule has 3 rings (SSSR count). The van der Waals surface area contributed by atoms with E-state index in [0.717, 1.165) is 35.9 Å². The number of thiazole rings is 1. The number of carbonyl (C=O) groups is 1. The van der Waals surface area contributed by atoms with Crippen LogP contribution >= 0.6 is 11.3 Å². The van der Waals surface area contributed by atoms with Gasteiger partial charge in [0, 0.05) is 33.2 Å². The van der Waals surface area contributed by atoms with Crippen molar-refractivity contribution in [3.05, 3.63) is 34.0 Å². The molecule has 0 unspecified atom stereocenters. The van der Waals surface area contributed by atoms with Crippen molar-refractivity contribution in [1.29, 1.82) is 0 Å². The number of sulfonamides is 1. The van der Waals surface area contributed by atoms with Crippen LogP contribution in [0.1, 0.15) is 34.0 Å². The molecule has 2 aromatic heterocycles. The van der Waals surface area contributed by atoms with Gasteiger partial charge in [-0.1, -0.05) is 0 Å². The molecule has 0 radical (unpaired) electrons. The van der Waals surface area contributed by atoms with Crippen LogP contribution in [0.4, 0.5) is 0 Å². The molecular weight excluding hydrogens is 388 g/mol. The number of likely N-dealkylation sites (tertiary alicyclic amines) is 1. The Morgan fingerprint density at radius 1 is 1.37 bits per heavy atom. The highest BCUT2D eigenvalue weighted by atomic mass is 32.2. The van der Waals surface area contributed by atoms with Gasteiger partial charge in [0.25, 0.3) is 15.9 Å². The van der Waals surface area contributed by atoms with Crippen LogP contribution in [0.3, 0.4) is 0 Å². The lowest BCUT2D eigenvalue weighted by Gasteiger charge is -2.31. The Hall–Kier alpha value is -1.75. The average Bonchev–Trinajstić information content (AvgIpc) is 3.26. The molecule has 3 heterocycles. The Morgan fingerprint density at radius 2 is 2.07 bits per heavy atom. The molecule has 1 N–H and O–H groups in total. The van der Waals surface area contributed by atoms with Gasteiger partial charge in [-0.05, 0) is 31.9 Å². The van der Waals surface area contributed by atoms with Crippen LogP contribution in [0.2, 0.25) is 0 Å². The zero-order chi connectivity index (χ0) is 19.6. The van der Waals surface area contributed by atoms with Gasteiger partial charge < -0.3 is 9.73 Å². The van der Waals surface area contributed by atoms with E-state index in [1.807, 2.05) is 6.92 Å². The summed E-state index contributed by atoms with van der Waals surface area (Å²) in [6, 6.07) is 3.34. The lowest BCUT2D eigenvalue weighted by atomic mass is 10.0. The quantitative estimate of drug-likeness (QED) is 0.776. The lowest BCUT2D eigenvalue weighted by molar-refractivity contribution is 0.0909. The smallest absolute Gasteiger partial charge is 0.275 e. The molecule has 8 nitrogen and oxygen atoms in total. The third-order valence-electron chi connectivity index (χ3n) is 4.63. The van der Waals surface area contributed by atoms with Gasteiger partial charge in [0.1, 0.15) is 10.6 Å². The van der Waals surface area contributed by atoms with Crippen molar-refractivity contribution in [2.24, 2.45) is 0 Å². The molecule has 1 aliphatic heterocycles. The Bertz CT molecular complexity index is 896. The molecule has 0 spiro atoms. The Morgan fingerprint density at radius 3 is 2.67 bits per heavy atom. The van der Waals surface area contributed by atoms with Crippen molar-refractivity contribution in [3.8, 4) is 0 Å². The van der Waals surface area contributed by atoms with Gasteiger partial charge in [-0.15, -0.1) is 11.3 Å². The first-order valence-electron chi connectivity index (χ1n) is 8.72. The van der Waals surface area contributed by atoms with E-state index < -0.39 is 10.0 Å². The molecule has 1 amide bonds. The van der Waals surface area contributed by atoms with Gasteiger partial charge in [0.05, 0.1) is 17.7 Å². The number of piperidine rings is 1. The number of hydrogen-bond donors (Lipinski definition) is 1. The summed E-state index contributed by atoms with van der Waals surface area (Å²) < 4.78 is 30.8. The van der Waals surface area contributed by atoms with Gasteiger partial charge in [-0.3, -0.25) is 9.69 Å². The molecule has 0 aromatic carbocycles. The monoisotopic (exact) mass is 412 g/mol. The first-order valence-corrected chi connectivity index (χ1v) is 11.0. The lowest BCUT2D eigenvalue weighted by Crippen LogP contribution is -2.44. The highest BCUT2D eigenvalue weighted by molar-refractivity contribution is 7.88. The molecular formula is C17H24N4O4S2. The van der Waals surface area contributed by atoms with E-state index in [-0.39, 0.29) is 17.0 Å². The second-order valence-corrected chi connectivity index (χ2v) is 9.74. The predicted octanol–water partition coefficient (Wildman–Crippen LogP) is 1.69. The Balaban J connectivity index is 1.51. The van der Waals surface area contributed by atoms with E-state index in [1.54, 1.807) is 11.6 Å². The topological polar surface area (TPSA) is 95.8 Å². The molecule has 0 atom stereocenters. The molecule has 27 heavy (non-hydrogen) atoms. The third kappa shape index (κ3) is 4.57. The van der Waals surface area contributed by atoms with Gasteiger partial charge in [-0.2, -0.15) is 0 Å².